The van der Waals surface area contributed by atoms with Crippen LogP contribution in [0, 0.1) is 0 Å². The molecule has 0 spiro atoms. The maximum Gasteiger partial charge on any atom is 0.219 e. The quantitative estimate of drug-likeness (QED) is 0.815. The molecule has 23 heavy (non-hydrogen) atoms. The number of sulfonamides is 1. The molecule has 0 aromatic carbocycles. The zero-order valence-corrected chi connectivity index (χ0v) is 15.1. The number of carbonyl (C=O) groups excluding carboxylic acids is 1. The first-order valence-electron chi connectivity index (χ1n) is 8.72. The first-order valence-corrected chi connectivity index (χ1v) is 10.3. The van der Waals surface area contributed by atoms with Gasteiger partial charge in [-0.3, -0.25) is 4.79 Å². The molecule has 0 aromatic heterocycles. The van der Waals surface area contributed by atoms with Gasteiger partial charge < -0.3 is 10.0 Å². The minimum atomic E-state index is -3.31. The van der Waals surface area contributed by atoms with Crippen molar-refractivity contribution in [3.05, 3.63) is 0 Å². The van der Waals surface area contributed by atoms with E-state index in [0.29, 0.717) is 19.3 Å². The Morgan fingerprint density at radius 3 is 2.43 bits per heavy atom. The van der Waals surface area contributed by atoms with Crippen LogP contribution in [0.3, 0.4) is 0 Å². The number of hydrogen-bond donors (Lipinski definition) is 1. The number of aliphatic hydroxyl groups excluding tert-OH is 1. The van der Waals surface area contributed by atoms with Crippen LogP contribution in [-0.2, 0) is 14.8 Å². The molecule has 1 atom stereocenters. The number of rotatable bonds is 5. The zero-order chi connectivity index (χ0) is 17.0. The summed E-state index contributed by atoms with van der Waals surface area (Å²) in [6.07, 6.45) is 5.98. The van der Waals surface area contributed by atoms with E-state index in [-0.39, 0.29) is 29.8 Å². The van der Waals surface area contributed by atoms with Crippen LogP contribution in [-0.4, -0.2) is 66.2 Å². The molecule has 1 aliphatic heterocycles. The standard InChI is InChI=1S/C16H30N2O4S/c1-13(19)18-11-4-3-5-15(18)10-12-23(21,22)17(2)14-6-8-16(20)9-7-14/h14-16,20H,3-12H2,1-2H3. The molecule has 1 unspecified atom stereocenters. The molecule has 1 aliphatic carbocycles. The van der Waals surface area contributed by atoms with E-state index in [2.05, 4.69) is 0 Å². The monoisotopic (exact) mass is 346 g/mol. The van der Waals surface area contributed by atoms with Gasteiger partial charge in [-0.2, -0.15) is 0 Å². The van der Waals surface area contributed by atoms with Gasteiger partial charge in [0.25, 0.3) is 0 Å². The lowest BCUT2D eigenvalue weighted by Crippen LogP contribution is -2.45. The van der Waals surface area contributed by atoms with Gasteiger partial charge >= 0.3 is 0 Å². The van der Waals surface area contributed by atoms with Crippen LogP contribution in [0.15, 0.2) is 0 Å². The highest BCUT2D eigenvalue weighted by Crippen LogP contribution is 2.25. The normalized spacial score (nSPS) is 29.7. The van der Waals surface area contributed by atoms with Gasteiger partial charge in [-0.15, -0.1) is 0 Å². The molecule has 1 saturated heterocycles. The van der Waals surface area contributed by atoms with Gasteiger partial charge in [0.05, 0.1) is 11.9 Å². The number of amides is 1. The third-order valence-corrected chi connectivity index (χ3v) is 7.29. The first kappa shape index (κ1) is 18.7. The van der Waals surface area contributed by atoms with Gasteiger partial charge in [0, 0.05) is 32.6 Å². The molecular formula is C16H30N2O4S. The second-order valence-electron chi connectivity index (χ2n) is 6.95. The Balaban J connectivity index is 1.91. The van der Waals surface area contributed by atoms with E-state index in [9.17, 15) is 18.3 Å². The van der Waals surface area contributed by atoms with E-state index >= 15 is 0 Å². The Morgan fingerprint density at radius 2 is 1.83 bits per heavy atom. The highest BCUT2D eigenvalue weighted by Gasteiger charge is 2.31. The summed E-state index contributed by atoms with van der Waals surface area (Å²) in [5.41, 5.74) is 0. The van der Waals surface area contributed by atoms with E-state index in [4.69, 9.17) is 0 Å². The van der Waals surface area contributed by atoms with Crippen LogP contribution < -0.4 is 0 Å². The van der Waals surface area contributed by atoms with Crippen molar-refractivity contribution in [3.63, 3.8) is 0 Å². The van der Waals surface area contributed by atoms with Crippen molar-refractivity contribution in [3.8, 4) is 0 Å². The van der Waals surface area contributed by atoms with Crippen LogP contribution in [0.1, 0.15) is 58.3 Å². The summed E-state index contributed by atoms with van der Waals surface area (Å²) in [5.74, 6) is 0.138. The number of piperidine rings is 1. The van der Waals surface area contributed by atoms with Gasteiger partial charge in [-0.1, -0.05) is 0 Å². The lowest BCUT2D eigenvalue weighted by Gasteiger charge is -2.36. The molecule has 2 aliphatic rings. The number of nitrogens with zero attached hydrogens (tertiary/aromatic N) is 2. The Hall–Kier alpha value is -0.660. The average Bonchev–Trinajstić information content (AvgIpc) is 2.53. The molecule has 1 heterocycles. The fourth-order valence-corrected chi connectivity index (χ4v) is 5.32. The van der Waals surface area contributed by atoms with Crippen molar-refractivity contribution >= 4 is 15.9 Å². The Morgan fingerprint density at radius 1 is 1.17 bits per heavy atom. The highest BCUT2D eigenvalue weighted by molar-refractivity contribution is 7.89. The lowest BCUT2D eigenvalue weighted by atomic mass is 9.93. The van der Waals surface area contributed by atoms with Gasteiger partial charge in [0.1, 0.15) is 0 Å². The maximum absolute atomic E-state index is 12.6. The van der Waals surface area contributed by atoms with Crippen LogP contribution >= 0.6 is 0 Å². The van der Waals surface area contributed by atoms with Crippen LogP contribution in [0.5, 0.6) is 0 Å². The van der Waals surface area contributed by atoms with Crippen molar-refractivity contribution in [2.24, 2.45) is 0 Å². The van der Waals surface area contributed by atoms with Gasteiger partial charge in [-0.25, -0.2) is 12.7 Å². The van der Waals surface area contributed by atoms with E-state index in [1.165, 1.54) is 4.31 Å². The SMILES string of the molecule is CC(=O)N1CCCCC1CCS(=O)(=O)N(C)C1CCC(O)CC1. The second-order valence-corrected chi connectivity index (χ2v) is 9.09. The van der Waals surface area contributed by atoms with Crippen LogP contribution in [0.2, 0.25) is 0 Å². The third-order valence-electron chi connectivity index (χ3n) is 5.36. The summed E-state index contributed by atoms with van der Waals surface area (Å²) in [5, 5.41) is 9.56. The molecule has 1 amide bonds. The summed E-state index contributed by atoms with van der Waals surface area (Å²) in [4.78, 5) is 13.5. The summed E-state index contributed by atoms with van der Waals surface area (Å²) in [6, 6.07) is 0.0521. The molecule has 0 aromatic rings. The van der Waals surface area contributed by atoms with Crippen molar-refractivity contribution in [2.75, 3.05) is 19.3 Å². The molecule has 1 saturated carbocycles. The highest BCUT2D eigenvalue weighted by atomic mass is 32.2. The average molecular weight is 346 g/mol. The van der Waals surface area contributed by atoms with E-state index in [1.54, 1.807) is 14.0 Å². The molecular weight excluding hydrogens is 316 g/mol. The third kappa shape index (κ3) is 4.90. The molecule has 2 fully saturated rings. The van der Waals surface area contributed by atoms with E-state index in [1.807, 2.05) is 4.90 Å². The summed E-state index contributed by atoms with van der Waals surface area (Å²) < 4.78 is 26.7. The summed E-state index contributed by atoms with van der Waals surface area (Å²) in [7, 11) is -1.66. The topological polar surface area (TPSA) is 77.9 Å². The Bertz CT molecular complexity index is 500. The van der Waals surface area contributed by atoms with Crippen molar-refractivity contribution < 1.29 is 18.3 Å². The van der Waals surface area contributed by atoms with Crippen LogP contribution in [0.25, 0.3) is 0 Å². The molecule has 134 valence electrons. The first-order chi connectivity index (χ1) is 10.8. The predicted octanol–water partition coefficient (Wildman–Crippen LogP) is 1.34. The molecule has 0 bridgehead atoms. The minimum absolute atomic E-state index is 0.00124. The van der Waals surface area contributed by atoms with Gasteiger partial charge in [-0.05, 0) is 51.4 Å². The Kier molecular flexibility index (Phi) is 6.45. The second kappa shape index (κ2) is 7.94. The van der Waals surface area contributed by atoms with Crippen molar-refractivity contribution in [1.82, 2.24) is 9.21 Å². The summed E-state index contributed by atoms with van der Waals surface area (Å²) in [6.45, 7) is 2.31. The van der Waals surface area contributed by atoms with Crippen molar-refractivity contribution in [1.29, 1.82) is 0 Å². The van der Waals surface area contributed by atoms with E-state index < -0.39 is 10.0 Å². The van der Waals surface area contributed by atoms with Gasteiger partial charge in [0.15, 0.2) is 0 Å². The zero-order valence-electron chi connectivity index (χ0n) is 14.3. The fraction of sp³-hybridized carbons (Fsp3) is 0.938. The lowest BCUT2D eigenvalue weighted by molar-refractivity contribution is -0.132. The number of carbonyl (C=O) groups is 1. The molecule has 6 nitrogen and oxygen atoms in total. The Labute approximate surface area is 139 Å². The van der Waals surface area contributed by atoms with Crippen molar-refractivity contribution in [2.45, 2.75) is 76.5 Å². The molecule has 7 heteroatoms. The molecule has 1 N–H and O–H groups in total. The summed E-state index contributed by atoms with van der Waals surface area (Å²) >= 11 is 0. The molecule has 2 rings (SSSR count). The smallest absolute Gasteiger partial charge is 0.219 e. The predicted molar refractivity (Wildman–Crippen MR) is 89.5 cm³/mol. The number of aliphatic hydroxyl groups is 1. The minimum Gasteiger partial charge on any atom is -0.393 e. The maximum atomic E-state index is 12.6. The largest absolute Gasteiger partial charge is 0.393 e. The molecule has 0 radical (unpaired) electrons. The van der Waals surface area contributed by atoms with E-state index in [0.717, 1.165) is 38.6 Å². The van der Waals surface area contributed by atoms with Crippen LogP contribution in [0.4, 0.5) is 0 Å². The number of hydrogen-bond acceptors (Lipinski definition) is 4. The number of likely N-dealkylation sites (tertiary alicyclic amines) is 1. The fourth-order valence-electron chi connectivity index (χ4n) is 3.79. The van der Waals surface area contributed by atoms with Gasteiger partial charge in [0.2, 0.25) is 15.9 Å².